The van der Waals surface area contributed by atoms with Crippen molar-refractivity contribution in [2.24, 2.45) is 7.05 Å². The number of hydrogen-bond donors (Lipinski definition) is 2. The average molecular weight is 229 g/mol. The summed E-state index contributed by atoms with van der Waals surface area (Å²) in [7, 11) is 1.82. The third-order valence-electron chi connectivity index (χ3n) is 3.34. The predicted molar refractivity (Wildman–Crippen MR) is 66.2 cm³/mol. The molecule has 0 radical (unpaired) electrons. The lowest BCUT2D eigenvalue weighted by atomic mass is 10.0. The van der Waals surface area contributed by atoms with Crippen LogP contribution in [0.1, 0.15) is 18.4 Å². The van der Waals surface area contributed by atoms with Crippen LogP contribution in [0.4, 0.5) is 5.82 Å². The van der Waals surface area contributed by atoms with Crippen molar-refractivity contribution in [3.63, 3.8) is 0 Å². The predicted octanol–water partition coefficient (Wildman–Crippen LogP) is 1.65. The van der Waals surface area contributed by atoms with Crippen LogP contribution in [0.3, 0.4) is 0 Å². The van der Waals surface area contributed by atoms with Gasteiger partial charge in [0.25, 0.3) is 0 Å². The van der Waals surface area contributed by atoms with Gasteiger partial charge in [-0.1, -0.05) is 18.2 Å². The number of anilines is 1. The van der Waals surface area contributed by atoms with Crippen LogP contribution in [0.15, 0.2) is 30.3 Å². The molecule has 0 aliphatic heterocycles. The van der Waals surface area contributed by atoms with E-state index in [-0.39, 0.29) is 0 Å². The van der Waals surface area contributed by atoms with Gasteiger partial charge in [-0.2, -0.15) is 5.10 Å². The first-order valence-electron chi connectivity index (χ1n) is 5.71. The molecule has 1 heterocycles. The average Bonchev–Trinajstić information content (AvgIpc) is 2.99. The van der Waals surface area contributed by atoms with E-state index in [0.717, 1.165) is 29.7 Å². The molecule has 3 rings (SSSR count). The summed E-state index contributed by atoms with van der Waals surface area (Å²) in [5.41, 5.74) is 7.97. The molecule has 0 spiro atoms. The first kappa shape index (κ1) is 10.4. The third kappa shape index (κ3) is 1.70. The molecule has 88 valence electrons. The van der Waals surface area contributed by atoms with Gasteiger partial charge in [0, 0.05) is 18.7 Å². The number of aryl methyl sites for hydroxylation is 1. The SMILES string of the molecule is Cn1nc(-c2cccc(C3(O)CC3)c2)cc1N. The highest BCUT2D eigenvalue weighted by Crippen LogP contribution is 2.45. The lowest BCUT2D eigenvalue weighted by Gasteiger charge is -2.08. The maximum atomic E-state index is 10.1. The van der Waals surface area contributed by atoms with Gasteiger partial charge in [0.2, 0.25) is 0 Å². The Morgan fingerprint density at radius 2 is 2.12 bits per heavy atom. The van der Waals surface area contributed by atoms with Gasteiger partial charge in [-0.05, 0) is 24.5 Å². The first-order valence-corrected chi connectivity index (χ1v) is 5.71. The van der Waals surface area contributed by atoms with E-state index in [9.17, 15) is 5.11 Å². The molecule has 1 saturated carbocycles. The smallest absolute Gasteiger partial charge is 0.121 e. The van der Waals surface area contributed by atoms with E-state index in [1.807, 2.05) is 37.4 Å². The van der Waals surface area contributed by atoms with E-state index in [1.54, 1.807) is 4.68 Å². The molecular formula is C13H15N3O. The first-order chi connectivity index (χ1) is 8.08. The normalized spacial score (nSPS) is 17.1. The van der Waals surface area contributed by atoms with Crippen molar-refractivity contribution in [3.05, 3.63) is 35.9 Å². The van der Waals surface area contributed by atoms with E-state index < -0.39 is 5.60 Å². The van der Waals surface area contributed by atoms with Crippen molar-refractivity contribution in [1.29, 1.82) is 0 Å². The van der Waals surface area contributed by atoms with E-state index in [2.05, 4.69) is 5.10 Å². The Balaban J connectivity index is 2.03. The van der Waals surface area contributed by atoms with Crippen LogP contribution in [0.5, 0.6) is 0 Å². The molecule has 1 aliphatic rings. The molecular weight excluding hydrogens is 214 g/mol. The molecule has 0 unspecified atom stereocenters. The molecule has 17 heavy (non-hydrogen) atoms. The fourth-order valence-electron chi connectivity index (χ4n) is 2.00. The molecule has 4 nitrogen and oxygen atoms in total. The van der Waals surface area contributed by atoms with Gasteiger partial charge in [0.05, 0.1) is 11.3 Å². The number of nitrogens with zero attached hydrogens (tertiary/aromatic N) is 2. The summed E-state index contributed by atoms with van der Waals surface area (Å²) in [6.45, 7) is 0. The van der Waals surface area contributed by atoms with Crippen LogP contribution >= 0.6 is 0 Å². The summed E-state index contributed by atoms with van der Waals surface area (Å²) < 4.78 is 1.65. The molecule has 1 aromatic heterocycles. The maximum absolute atomic E-state index is 10.1. The van der Waals surface area contributed by atoms with E-state index >= 15 is 0 Å². The highest BCUT2D eigenvalue weighted by molar-refractivity contribution is 5.63. The summed E-state index contributed by atoms with van der Waals surface area (Å²) >= 11 is 0. The number of hydrogen-bond acceptors (Lipinski definition) is 3. The maximum Gasteiger partial charge on any atom is 0.121 e. The second-order valence-corrected chi connectivity index (χ2v) is 4.69. The Hall–Kier alpha value is -1.81. The highest BCUT2D eigenvalue weighted by Gasteiger charge is 2.42. The zero-order valence-electron chi connectivity index (χ0n) is 9.72. The van der Waals surface area contributed by atoms with Crippen LogP contribution < -0.4 is 5.73 Å². The van der Waals surface area contributed by atoms with Crippen LogP contribution in [0.2, 0.25) is 0 Å². The number of nitrogen functional groups attached to an aromatic ring is 1. The van der Waals surface area contributed by atoms with Crippen molar-refractivity contribution in [2.75, 3.05) is 5.73 Å². The Morgan fingerprint density at radius 1 is 1.35 bits per heavy atom. The number of aliphatic hydroxyl groups is 1. The summed E-state index contributed by atoms with van der Waals surface area (Å²) in [5.74, 6) is 0.635. The van der Waals surface area contributed by atoms with E-state index in [1.165, 1.54) is 0 Å². The summed E-state index contributed by atoms with van der Waals surface area (Å²) in [6, 6.07) is 9.73. The van der Waals surface area contributed by atoms with Gasteiger partial charge in [-0.15, -0.1) is 0 Å². The van der Waals surface area contributed by atoms with Gasteiger partial charge in [-0.3, -0.25) is 4.68 Å². The largest absolute Gasteiger partial charge is 0.385 e. The summed E-state index contributed by atoms with van der Waals surface area (Å²) in [5, 5.41) is 14.4. The lowest BCUT2D eigenvalue weighted by Crippen LogP contribution is -2.03. The van der Waals surface area contributed by atoms with Crippen molar-refractivity contribution < 1.29 is 5.11 Å². The molecule has 3 N–H and O–H groups in total. The fourth-order valence-corrected chi connectivity index (χ4v) is 2.00. The fraction of sp³-hybridized carbons (Fsp3) is 0.308. The van der Waals surface area contributed by atoms with Crippen LogP contribution in [-0.2, 0) is 12.6 Å². The molecule has 1 fully saturated rings. The Morgan fingerprint density at radius 3 is 2.71 bits per heavy atom. The number of nitrogens with two attached hydrogens (primary N) is 1. The highest BCUT2D eigenvalue weighted by atomic mass is 16.3. The Labute approximate surface area is 99.7 Å². The van der Waals surface area contributed by atoms with Crippen molar-refractivity contribution in [2.45, 2.75) is 18.4 Å². The molecule has 1 aromatic carbocycles. The minimum absolute atomic E-state index is 0.601. The zero-order chi connectivity index (χ0) is 12.0. The monoisotopic (exact) mass is 229 g/mol. The molecule has 1 aliphatic carbocycles. The molecule has 0 bridgehead atoms. The van der Waals surface area contributed by atoms with Crippen LogP contribution in [-0.4, -0.2) is 14.9 Å². The van der Waals surface area contributed by atoms with Gasteiger partial charge in [0.1, 0.15) is 5.82 Å². The molecule has 4 heteroatoms. The van der Waals surface area contributed by atoms with E-state index in [4.69, 9.17) is 5.73 Å². The second-order valence-electron chi connectivity index (χ2n) is 4.69. The van der Waals surface area contributed by atoms with Gasteiger partial charge < -0.3 is 10.8 Å². The third-order valence-corrected chi connectivity index (χ3v) is 3.34. The van der Waals surface area contributed by atoms with Crippen LogP contribution in [0, 0.1) is 0 Å². The molecule has 2 aromatic rings. The van der Waals surface area contributed by atoms with Crippen molar-refractivity contribution in [1.82, 2.24) is 9.78 Å². The number of benzene rings is 1. The van der Waals surface area contributed by atoms with Gasteiger partial charge >= 0.3 is 0 Å². The van der Waals surface area contributed by atoms with Crippen LogP contribution in [0.25, 0.3) is 11.3 Å². The summed E-state index contributed by atoms with van der Waals surface area (Å²) in [4.78, 5) is 0. The molecule has 0 saturated heterocycles. The number of rotatable bonds is 2. The lowest BCUT2D eigenvalue weighted by molar-refractivity contribution is 0.151. The van der Waals surface area contributed by atoms with Crippen molar-refractivity contribution >= 4 is 5.82 Å². The standard InChI is InChI=1S/C13H15N3O/c1-16-12(14)8-11(15-16)9-3-2-4-10(7-9)13(17)5-6-13/h2-4,7-8,17H,5-6,14H2,1H3. The molecule has 0 atom stereocenters. The molecule has 0 amide bonds. The van der Waals surface area contributed by atoms with Gasteiger partial charge in [-0.25, -0.2) is 0 Å². The topological polar surface area (TPSA) is 64.1 Å². The van der Waals surface area contributed by atoms with Gasteiger partial charge in [0.15, 0.2) is 0 Å². The zero-order valence-corrected chi connectivity index (χ0v) is 9.72. The number of aromatic nitrogens is 2. The quantitative estimate of drug-likeness (QED) is 0.823. The van der Waals surface area contributed by atoms with E-state index in [0.29, 0.717) is 5.82 Å². The minimum Gasteiger partial charge on any atom is -0.385 e. The Kier molecular flexibility index (Phi) is 2.03. The summed E-state index contributed by atoms with van der Waals surface area (Å²) in [6.07, 6.45) is 1.70. The minimum atomic E-state index is -0.601. The second kappa shape index (κ2) is 3.34. The van der Waals surface area contributed by atoms with Crippen molar-refractivity contribution in [3.8, 4) is 11.3 Å². The Bertz CT molecular complexity index is 550.